The molecule has 1 saturated heterocycles. The highest BCUT2D eigenvalue weighted by Gasteiger charge is 2.66. The summed E-state index contributed by atoms with van der Waals surface area (Å²) in [5.74, 6) is -3.60. The van der Waals surface area contributed by atoms with Crippen molar-refractivity contribution >= 4 is 29.1 Å². The number of hydrogen-bond donors (Lipinski definition) is 4. The summed E-state index contributed by atoms with van der Waals surface area (Å²) in [5, 5.41) is 19.8. The Morgan fingerprint density at radius 1 is 1.19 bits per heavy atom. The van der Waals surface area contributed by atoms with Gasteiger partial charge in [-0.1, -0.05) is 44.5 Å². The highest BCUT2D eigenvalue weighted by atomic mass is 35.5. The van der Waals surface area contributed by atoms with Gasteiger partial charge in [-0.3, -0.25) is 9.59 Å². The number of benzene rings is 2. The van der Waals surface area contributed by atoms with Gasteiger partial charge < -0.3 is 21.1 Å². The van der Waals surface area contributed by atoms with Crippen LogP contribution in [0.2, 0.25) is 5.02 Å². The van der Waals surface area contributed by atoms with Crippen molar-refractivity contribution in [2.24, 2.45) is 5.41 Å². The first-order valence-electron chi connectivity index (χ1n) is 12.6. The lowest BCUT2D eigenvalue weighted by atomic mass is 9.62. The Hall–Kier alpha value is -2.55. The maximum absolute atomic E-state index is 14.7. The van der Waals surface area contributed by atoms with E-state index in [9.17, 15) is 23.5 Å². The molecule has 37 heavy (non-hydrogen) atoms. The lowest BCUT2D eigenvalue weighted by Gasteiger charge is -2.42. The molecule has 3 aliphatic rings. The highest BCUT2D eigenvalue weighted by molar-refractivity contribution is 6.30. The molecule has 2 aromatic carbocycles. The van der Waals surface area contributed by atoms with Gasteiger partial charge in [-0.15, -0.1) is 0 Å². The Kier molecular flexibility index (Phi) is 6.17. The molecule has 1 aliphatic carbocycles. The lowest BCUT2D eigenvalue weighted by molar-refractivity contribution is -0.127. The first-order valence-corrected chi connectivity index (χ1v) is 12.9. The molecule has 4 atom stereocenters. The van der Waals surface area contributed by atoms with Gasteiger partial charge in [0.25, 0.3) is 0 Å². The maximum atomic E-state index is 14.7. The molecule has 1 spiro atoms. The quantitative estimate of drug-likeness (QED) is 0.471. The average Bonchev–Trinajstić information content (AvgIpc) is 3.22. The van der Waals surface area contributed by atoms with Crippen LogP contribution >= 0.6 is 11.6 Å². The minimum atomic E-state index is -1.39. The van der Waals surface area contributed by atoms with Crippen LogP contribution in [0.4, 0.5) is 14.5 Å². The molecule has 0 bridgehead atoms. The van der Waals surface area contributed by atoms with E-state index >= 15 is 0 Å². The number of hydrogen-bond acceptors (Lipinski definition) is 4. The van der Waals surface area contributed by atoms with Crippen molar-refractivity contribution < 1.29 is 23.5 Å². The number of nitrogens with one attached hydrogen (secondary N) is 3. The Morgan fingerprint density at radius 2 is 1.86 bits per heavy atom. The zero-order valence-corrected chi connectivity index (χ0v) is 22.0. The summed E-state index contributed by atoms with van der Waals surface area (Å²) in [6, 6.07) is 7.44. The van der Waals surface area contributed by atoms with Crippen molar-refractivity contribution in [1.82, 2.24) is 10.6 Å². The third kappa shape index (κ3) is 4.43. The van der Waals surface area contributed by atoms with Crippen LogP contribution in [0.3, 0.4) is 0 Å². The van der Waals surface area contributed by atoms with Crippen LogP contribution in [-0.2, 0) is 15.0 Å². The van der Waals surface area contributed by atoms with Gasteiger partial charge in [-0.2, -0.15) is 0 Å². The molecule has 2 amide bonds. The van der Waals surface area contributed by atoms with Crippen LogP contribution in [0.5, 0.6) is 0 Å². The highest BCUT2D eigenvalue weighted by Crippen LogP contribution is 2.56. The molecule has 198 valence electrons. The number of carbonyl (C=O) groups excluding carboxylic acids is 2. The van der Waals surface area contributed by atoms with Crippen LogP contribution in [0, 0.1) is 17.0 Å². The zero-order chi connectivity index (χ0) is 26.9. The molecule has 0 unspecified atom stereocenters. The van der Waals surface area contributed by atoms with E-state index in [4.69, 9.17) is 11.6 Å². The minimum absolute atomic E-state index is 0.196. The molecule has 1 saturated carbocycles. The molecule has 0 aromatic heterocycles. The number of halogens is 3. The number of fused-ring (bicyclic) bond motifs is 2. The lowest BCUT2D eigenvalue weighted by Crippen LogP contribution is -2.57. The molecule has 0 radical (unpaired) electrons. The smallest absolute Gasteiger partial charge is 0.238 e. The third-order valence-corrected chi connectivity index (χ3v) is 8.14. The third-order valence-electron chi connectivity index (χ3n) is 7.91. The molecule has 5 rings (SSSR count). The van der Waals surface area contributed by atoms with E-state index in [0.29, 0.717) is 35.4 Å². The molecular weight excluding hydrogens is 500 g/mol. The fraction of sp³-hybridized carbons (Fsp3) is 0.500. The predicted octanol–water partition coefficient (Wildman–Crippen LogP) is 4.40. The van der Waals surface area contributed by atoms with E-state index in [1.807, 2.05) is 20.8 Å². The number of amides is 2. The van der Waals surface area contributed by atoms with Crippen LogP contribution in [0.25, 0.3) is 0 Å². The summed E-state index contributed by atoms with van der Waals surface area (Å²) in [5.41, 5.74) is -1.31. The predicted molar refractivity (Wildman–Crippen MR) is 137 cm³/mol. The summed E-state index contributed by atoms with van der Waals surface area (Å²) in [4.78, 5) is 27.8. The Labute approximate surface area is 220 Å². The number of anilines is 1. The van der Waals surface area contributed by atoms with E-state index in [-0.39, 0.29) is 23.1 Å². The van der Waals surface area contributed by atoms with Gasteiger partial charge in [0.15, 0.2) is 11.6 Å². The topological polar surface area (TPSA) is 90.5 Å². The largest absolute Gasteiger partial charge is 0.390 e. The fourth-order valence-electron chi connectivity index (χ4n) is 6.53. The number of rotatable bonds is 4. The summed E-state index contributed by atoms with van der Waals surface area (Å²) < 4.78 is 28.9. The van der Waals surface area contributed by atoms with Gasteiger partial charge >= 0.3 is 0 Å². The van der Waals surface area contributed by atoms with Crippen molar-refractivity contribution in [2.75, 3.05) is 5.32 Å². The minimum Gasteiger partial charge on any atom is -0.390 e. The van der Waals surface area contributed by atoms with Gasteiger partial charge in [0.1, 0.15) is 5.41 Å². The summed E-state index contributed by atoms with van der Waals surface area (Å²) in [6.45, 7) is 7.80. The average molecular weight is 532 g/mol. The van der Waals surface area contributed by atoms with E-state index in [1.165, 1.54) is 0 Å². The first kappa shape index (κ1) is 26.1. The molecule has 9 heteroatoms. The van der Waals surface area contributed by atoms with Crippen LogP contribution < -0.4 is 16.0 Å². The van der Waals surface area contributed by atoms with Crippen LogP contribution in [0.15, 0.2) is 36.4 Å². The van der Waals surface area contributed by atoms with Crippen molar-refractivity contribution in [3.8, 4) is 0 Å². The van der Waals surface area contributed by atoms with E-state index < -0.39 is 46.6 Å². The van der Waals surface area contributed by atoms with E-state index in [0.717, 1.165) is 12.1 Å². The van der Waals surface area contributed by atoms with Crippen molar-refractivity contribution in [2.45, 2.75) is 82.0 Å². The molecule has 2 heterocycles. The normalized spacial score (nSPS) is 32.7. The van der Waals surface area contributed by atoms with Crippen molar-refractivity contribution in [3.63, 3.8) is 0 Å². The SMILES string of the molecule is CC(C)(C)C[C@@H]1N[C@@H](C(=O)N[C@H]2C[C@@](C)(O)C2)[C@H](c2cccc(Cl)c2)[C@]12C(=O)Nc1cc(F)c(F)cc12. The van der Waals surface area contributed by atoms with Crippen LogP contribution in [0.1, 0.15) is 64.0 Å². The second-order valence-corrected chi connectivity index (χ2v) is 12.7. The van der Waals surface area contributed by atoms with Gasteiger partial charge in [0.2, 0.25) is 11.8 Å². The first-order chi connectivity index (χ1) is 17.2. The molecule has 2 fully saturated rings. The molecule has 2 aliphatic heterocycles. The summed E-state index contributed by atoms with van der Waals surface area (Å²) >= 11 is 6.36. The molecule has 4 N–H and O–H groups in total. The maximum Gasteiger partial charge on any atom is 0.238 e. The second-order valence-electron chi connectivity index (χ2n) is 12.2. The van der Waals surface area contributed by atoms with Crippen molar-refractivity contribution in [1.29, 1.82) is 0 Å². The molecular formula is C28H32ClF2N3O3. The van der Waals surface area contributed by atoms with Gasteiger partial charge in [-0.25, -0.2) is 8.78 Å². The van der Waals surface area contributed by atoms with Crippen LogP contribution in [-0.4, -0.2) is 40.6 Å². The summed E-state index contributed by atoms with van der Waals surface area (Å²) in [6.07, 6.45) is 1.34. The Morgan fingerprint density at radius 3 is 2.49 bits per heavy atom. The monoisotopic (exact) mass is 531 g/mol. The van der Waals surface area contributed by atoms with E-state index in [1.54, 1.807) is 31.2 Å². The number of aliphatic hydroxyl groups is 1. The van der Waals surface area contributed by atoms with E-state index in [2.05, 4.69) is 16.0 Å². The van der Waals surface area contributed by atoms with Gasteiger partial charge in [-0.05, 0) is 60.9 Å². The standard InChI is InChI=1S/C28H32ClF2N3O3/c1-26(2,3)13-21-28(17-9-18(30)19(31)10-20(17)33-25(28)36)22(14-6-5-7-15(29)8-14)23(34-21)24(35)32-16-11-27(4,37)12-16/h5-10,16,21-23,34,37H,11-13H2,1-4H3,(H,32,35)(H,33,36)/t16-,21-,22-,23+,27+,28+/m0/s1. The zero-order valence-electron chi connectivity index (χ0n) is 21.3. The molecule has 6 nitrogen and oxygen atoms in total. The fourth-order valence-corrected chi connectivity index (χ4v) is 6.73. The van der Waals surface area contributed by atoms with Gasteiger partial charge in [0, 0.05) is 34.8 Å². The number of carbonyl (C=O) groups is 2. The van der Waals surface area contributed by atoms with Crippen molar-refractivity contribution in [3.05, 3.63) is 64.2 Å². The Balaban J connectivity index is 1.68. The second kappa shape index (κ2) is 8.75. The molecule has 2 aromatic rings. The Bertz CT molecular complexity index is 1270. The van der Waals surface area contributed by atoms with Gasteiger partial charge in [0.05, 0.1) is 11.6 Å². The summed E-state index contributed by atoms with van der Waals surface area (Å²) in [7, 11) is 0.